The van der Waals surface area contributed by atoms with Gasteiger partial charge in [-0.05, 0) is 18.8 Å². The van der Waals surface area contributed by atoms with E-state index < -0.39 is 0 Å². The molecular weight excluding hydrogens is 108 g/mol. The normalized spacial score (nSPS) is 9.56. The Balaban J connectivity index is 3.32. The number of hydrogen-bond donors (Lipinski definition) is 0. The van der Waals surface area contributed by atoms with Crippen LogP contribution in [0.25, 0.3) is 0 Å². The van der Waals surface area contributed by atoms with Gasteiger partial charge >= 0.3 is 0 Å². The first kappa shape index (κ1) is 8.56. The van der Waals surface area contributed by atoms with Crippen LogP contribution < -0.4 is 0 Å². The third-order valence-corrected chi connectivity index (χ3v) is 1.46. The van der Waals surface area contributed by atoms with E-state index in [1.165, 1.54) is 18.8 Å². The number of terminal acetylenes is 1. The lowest BCUT2D eigenvalue weighted by molar-refractivity contribution is 0.717. The summed E-state index contributed by atoms with van der Waals surface area (Å²) in [6.45, 7) is 4.36. The van der Waals surface area contributed by atoms with Crippen molar-refractivity contribution < 1.29 is 0 Å². The van der Waals surface area contributed by atoms with Crippen molar-refractivity contribution in [2.45, 2.75) is 39.5 Å². The zero-order chi connectivity index (χ0) is 7.11. The van der Waals surface area contributed by atoms with Crippen molar-refractivity contribution in [3.8, 4) is 12.3 Å². The van der Waals surface area contributed by atoms with Gasteiger partial charge in [-0.1, -0.05) is 20.3 Å². The second kappa shape index (κ2) is 5.69. The lowest BCUT2D eigenvalue weighted by Gasteiger charge is -2.06. The Morgan fingerprint density at radius 3 is 2.44 bits per heavy atom. The fraction of sp³-hybridized carbons (Fsp3) is 0.667. The Morgan fingerprint density at radius 2 is 2.11 bits per heavy atom. The van der Waals surface area contributed by atoms with Crippen molar-refractivity contribution >= 4 is 0 Å². The number of rotatable bonds is 4. The van der Waals surface area contributed by atoms with Gasteiger partial charge in [0.25, 0.3) is 0 Å². The van der Waals surface area contributed by atoms with E-state index >= 15 is 0 Å². The molecule has 0 unspecified atom stereocenters. The van der Waals surface area contributed by atoms with Gasteiger partial charge in [0.2, 0.25) is 0 Å². The smallest absolute Gasteiger partial charge is 0.0148 e. The summed E-state index contributed by atoms with van der Waals surface area (Å²) in [5.41, 5.74) is 0. The van der Waals surface area contributed by atoms with Crippen LogP contribution in [0, 0.1) is 18.3 Å². The molecule has 0 saturated carbocycles. The highest BCUT2D eigenvalue weighted by Crippen LogP contribution is 2.16. The highest BCUT2D eigenvalue weighted by Gasteiger charge is 2.01. The van der Waals surface area contributed by atoms with Gasteiger partial charge in [-0.3, -0.25) is 0 Å². The lowest BCUT2D eigenvalue weighted by atomic mass is 9.98. The molecule has 0 nitrogen and oxygen atoms in total. The van der Waals surface area contributed by atoms with Crippen LogP contribution in [0.15, 0.2) is 0 Å². The predicted molar refractivity (Wildman–Crippen MR) is 41.9 cm³/mol. The second-order valence-corrected chi connectivity index (χ2v) is 2.23. The first-order valence-electron chi connectivity index (χ1n) is 3.62. The van der Waals surface area contributed by atoms with Gasteiger partial charge in [0, 0.05) is 6.42 Å². The molecule has 1 radical (unpaired) electrons. The summed E-state index contributed by atoms with van der Waals surface area (Å²) in [6.07, 6.45) is 9.63. The highest BCUT2D eigenvalue weighted by molar-refractivity contribution is 5.01. The Labute approximate surface area is 58.7 Å². The van der Waals surface area contributed by atoms with Crippen LogP contribution >= 0.6 is 0 Å². The molecule has 0 bridgehead atoms. The van der Waals surface area contributed by atoms with Crippen molar-refractivity contribution in [2.24, 2.45) is 0 Å². The molecule has 0 rings (SSSR count). The minimum Gasteiger partial charge on any atom is -0.120 e. The van der Waals surface area contributed by atoms with Crippen LogP contribution in [0.5, 0.6) is 0 Å². The van der Waals surface area contributed by atoms with Crippen molar-refractivity contribution in [1.29, 1.82) is 0 Å². The van der Waals surface area contributed by atoms with E-state index in [2.05, 4.69) is 19.8 Å². The van der Waals surface area contributed by atoms with Crippen molar-refractivity contribution in [1.82, 2.24) is 0 Å². The maximum atomic E-state index is 5.16. The first-order chi connectivity index (χ1) is 4.35. The van der Waals surface area contributed by atoms with Gasteiger partial charge in [0.05, 0.1) is 0 Å². The van der Waals surface area contributed by atoms with Gasteiger partial charge in [0.15, 0.2) is 0 Å². The molecule has 0 heterocycles. The average Bonchev–Trinajstić information content (AvgIpc) is 1.88. The molecule has 0 aromatic heterocycles. The molecule has 0 aliphatic carbocycles. The highest BCUT2D eigenvalue weighted by atomic mass is 14.1. The van der Waals surface area contributed by atoms with Crippen LogP contribution in [-0.4, -0.2) is 0 Å². The molecule has 0 aliphatic heterocycles. The number of hydrogen-bond acceptors (Lipinski definition) is 0. The Kier molecular flexibility index (Phi) is 5.41. The van der Waals surface area contributed by atoms with Gasteiger partial charge in [-0.25, -0.2) is 0 Å². The maximum absolute atomic E-state index is 5.16. The van der Waals surface area contributed by atoms with Gasteiger partial charge in [-0.2, -0.15) is 0 Å². The maximum Gasteiger partial charge on any atom is 0.0148 e. The lowest BCUT2D eigenvalue weighted by Crippen LogP contribution is -1.92. The van der Waals surface area contributed by atoms with Crippen LogP contribution in [0.1, 0.15) is 39.5 Å². The molecule has 9 heavy (non-hydrogen) atoms. The molecule has 0 aliphatic rings. The molecule has 51 valence electrons. The zero-order valence-corrected chi connectivity index (χ0v) is 6.41. The van der Waals surface area contributed by atoms with E-state index in [0.29, 0.717) is 0 Å². The molecule has 0 heteroatoms. The van der Waals surface area contributed by atoms with E-state index in [4.69, 9.17) is 6.42 Å². The minimum absolute atomic E-state index is 0.879. The molecule has 0 saturated heterocycles. The molecule has 0 aromatic carbocycles. The van der Waals surface area contributed by atoms with E-state index in [0.717, 1.165) is 12.8 Å². The third-order valence-electron chi connectivity index (χ3n) is 1.46. The summed E-state index contributed by atoms with van der Waals surface area (Å²) in [6, 6.07) is 0. The van der Waals surface area contributed by atoms with Gasteiger partial charge in [-0.15, -0.1) is 12.3 Å². The molecule has 0 aromatic rings. The quantitative estimate of drug-likeness (QED) is 0.504. The van der Waals surface area contributed by atoms with Crippen molar-refractivity contribution in [2.75, 3.05) is 0 Å². The van der Waals surface area contributed by atoms with Gasteiger partial charge in [0.1, 0.15) is 0 Å². The van der Waals surface area contributed by atoms with E-state index in [-0.39, 0.29) is 0 Å². The molecule has 0 fully saturated rings. The summed E-state index contributed by atoms with van der Waals surface area (Å²) in [5.74, 6) is 4.18. The van der Waals surface area contributed by atoms with E-state index in [1.807, 2.05) is 0 Å². The molecular formula is C9H15. The zero-order valence-electron chi connectivity index (χ0n) is 6.41. The topological polar surface area (TPSA) is 0 Å². The van der Waals surface area contributed by atoms with E-state index in [1.54, 1.807) is 0 Å². The molecule has 0 amide bonds. The fourth-order valence-electron chi connectivity index (χ4n) is 0.888. The summed E-state index contributed by atoms with van der Waals surface area (Å²) in [5, 5.41) is 0. The average molecular weight is 123 g/mol. The third kappa shape index (κ3) is 4.09. The summed E-state index contributed by atoms with van der Waals surface area (Å²) in [7, 11) is 0. The largest absolute Gasteiger partial charge is 0.120 e. The molecule has 0 spiro atoms. The van der Waals surface area contributed by atoms with Gasteiger partial charge < -0.3 is 0 Å². The van der Waals surface area contributed by atoms with Crippen molar-refractivity contribution in [3.63, 3.8) is 0 Å². The Morgan fingerprint density at radius 1 is 1.44 bits per heavy atom. The summed E-state index contributed by atoms with van der Waals surface area (Å²) in [4.78, 5) is 0. The minimum atomic E-state index is 0.879. The summed E-state index contributed by atoms with van der Waals surface area (Å²) < 4.78 is 0. The summed E-state index contributed by atoms with van der Waals surface area (Å²) >= 11 is 0. The second-order valence-electron chi connectivity index (χ2n) is 2.23. The first-order valence-corrected chi connectivity index (χ1v) is 3.62. The Bertz CT molecular complexity index is 86.7. The van der Waals surface area contributed by atoms with Crippen molar-refractivity contribution in [3.05, 3.63) is 5.92 Å². The van der Waals surface area contributed by atoms with Crippen LogP contribution in [0.4, 0.5) is 0 Å². The molecule has 0 atom stereocenters. The fourth-order valence-corrected chi connectivity index (χ4v) is 0.888. The van der Waals surface area contributed by atoms with Crippen LogP contribution in [0.2, 0.25) is 0 Å². The Hall–Kier alpha value is -0.440. The van der Waals surface area contributed by atoms with Crippen LogP contribution in [0.3, 0.4) is 0 Å². The standard InChI is InChI=1S/C9H15/c1-4-7-9(6-3)8-5-2/h1H,5-8H2,2-3H3. The van der Waals surface area contributed by atoms with E-state index in [9.17, 15) is 0 Å². The van der Waals surface area contributed by atoms with Crippen LogP contribution in [-0.2, 0) is 0 Å². The monoisotopic (exact) mass is 123 g/mol. The molecule has 0 N–H and O–H groups in total. The predicted octanol–water partition coefficient (Wildman–Crippen LogP) is 2.79. The SMILES string of the molecule is C#CC[C](CC)CCC.